The zero-order valence-electron chi connectivity index (χ0n) is 13.4. The Morgan fingerprint density at radius 2 is 1.74 bits per heavy atom. The molecule has 0 saturated carbocycles. The second kappa shape index (κ2) is 8.22. The largest absolute Gasteiger partial charge is 0.395 e. The summed E-state index contributed by atoms with van der Waals surface area (Å²) >= 11 is 0. The third-order valence-electron chi connectivity index (χ3n) is 3.60. The predicted molar refractivity (Wildman–Crippen MR) is 89.7 cm³/mol. The van der Waals surface area contributed by atoms with E-state index < -0.39 is 0 Å². The molecule has 1 aromatic rings. The molecule has 0 aliphatic rings. The summed E-state index contributed by atoms with van der Waals surface area (Å²) < 4.78 is 0. The number of benzene rings is 1. The highest BCUT2D eigenvalue weighted by Gasteiger charge is 2.10. The molecule has 0 aliphatic heterocycles. The van der Waals surface area contributed by atoms with Crippen LogP contribution in [0.5, 0.6) is 0 Å². The third kappa shape index (κ3) is 4.33. The topological polar surface area (TPSA) is 113 Å². The van der Waals surface area contributed by atoms with Crippen molar-refractivity contribution in [2.24, 2.45) is 10.7 Å². The van der Waals surface area contributed by atoms with Crippen molar-refractivity contribution in [1.82, 2.24) is 0 Å². The van der Waals surface area contributed by atoms with Gasteiger partial charge in [0, 0.05) is 18.8 Å². The molecule has 0 bridgehead atoms. The van der Waals surface area contributed by atoms with Crippen molar-refractivity contribution < 1.29 is 0 Å². The Hall–Kier alpha value is -3.30. The normalized spacial score (nSPS) is 11.6. The van der Waals surface area contributed by atoms with E-state index in [-0.39, 0.29) is 17.0 Å². The van der Waals surface area contributed by atoms with Crippen LogP contribution in [0.3, 0.4) is 0 Å². The zero-order valence-corrected chi connectivity index (χ0v) is 13.4. The van der Waals surface area contributed by atoms with Gasteiger partial charge in [0.1, 0.15) is 18.2 Å². The van der Waals surface area contributed by atoms with Gasteiger partial charge in [0.05, 0.1) is 11.4 Å². The molecular formula is C17H18N6. The number of nitrogens with two attached hydrogens (primary N) is 1. The van der Waals surface area contributed by atoms with Gasteiger partial charge in [0.25, 0.3) is 0 Å². The van der Waals surface area contributed by atoms with Crippen LogP contribution in [0, 0.1) is 34.0 Å². The van der Waals surface area contributed by atoms with E-state index in [1.165, 1.54) is 0 Å². The summed E-state index contributed by atoms with van der Waals surface area (Å²) in [6.45, 7) is 4.26. The smallest absolute Gasteiger partial charge is 0.166 e. The first-order valence-corrected chi connectivity index (χ1v) is 7.10. The van der Waals surface area contributed by atoms with Crippen molar-refractivity contribution in [3.05, 3.63) is 35.5 Å². The average molecular weight is 306 g/mol. The Balaban J connectivity index is 3.14. The monoisotopic (exact) mass is 306 g/mol. The number of nitriles is 3. The van der Waals surface area contributed by atoms with E-state index in [0.717, 1.165) is 12.1 Å². The van der Waals surface area contributed by atoms with Crippen molar-refractivity contribution in [1.29, 1.82) is 15.8 Å². The summed E-state index contributed by atoms with van der Waals surface area (Å²) in [6.07, 6.45) is 1.03. The van der Waals surface area contributed by atoms with Gasteiger partial charge in [-0.05, 0) is 37.6 Å². The van der Waals surface area contributed by atoms with Crippen LogP contribution in [0.15, 0.2) is 40.5 Å². The quantitative estimate of drug-likeness (QED) is 0.663. The molecular weight excluding hydrogens is 288 g/mol. The predicted octanol–water partition coefficient (Wildman–Crippen LogP) is 2.78. The second-order valence-electron chi connectivity index (χ2n) is 4.97. The van der Waals surface area contributed by atoms with Crippen LogP contribution < -0.4 is 10.6 Å². The summed E-state index contributed by atoms with van der Waals surface area (Å²) in [5, 5.41) is 26.7. The fraction of sp³-hybridized carbons (Fsp3) is 0.294. The first-order valence-electron chi connectivity index (χ1n) is 7.10. The standard InChI is InChI=1S/C17H18N6/c1-4-12(2)23(3)15-7-5-14(6-8-15)22-16(11-20)17(21)13(9-18)10-19/h5-8,12H,4,21H2,1-3H3. The summed E-state index contributed by atoms with van der Waals surface area (Å²) in [6, 6.07) is 12.8. The van der Waals surface area contributed by atoms with Crippen molar-refractivity contribution in [3.8, 4) is 18.2 Å². The summed E-state index contributed by atoms with van der Waals surface area (Å²) in [5.41, 5.74) is 6.54. The lowest BCUT2D eigenvalue weighted by atomic mass is 10.1. The number of rotatable bonds is 5. The lowest BCUT2D eigenvalue weighted by molar-refractivity contribution is 0.664. The molecule has 116 valence electrons. The van der Waals surface area contributed by atoms with E-state index >= 15 is 0 Å². The fourth-order valence-electron chi connectivity index (χ4n) is 1.83. The molecule has 0 spiro atoms. The number of hydrogen-bond donors (Lipinski definition) is 1. The first-order chi connectivity index (χ1) is 11.0. The summed E-state index contributed by atoms with van der Waals surface area (Å²) in [4.78, 5) is 6.26. The first kappa shape index (κ1) is 17.8. The minimum atomic E-state index is -0.321. The average Bonchev–Trinajstić information content (AvgIpc) is 2.59. The van der Waals surface area contributed by atoms with Crippen LogP contribution in [0.2, 0.25) is 0 Å². The molecule has 2 N–H and O–H groups in total. The van der Waals surface area contributed by atoms with Crippen LogP contribution in [0.4, 0.5) is 11.4 Å². The van der Waals surface area contributed by atoms with Gasteiger partial charge >= 0.3 is 0 Å². The van der Waals surface area contributed by atoms with Crippen LogP contribution in [0.25, 0.3) is 0 Å². The molecule has 0 aliphatic carbocycles. The van der Waals surface area contributed by atoms with Gasteiger partial charge in [-0.15, -0.1) is 0 Å². The van der Waals surface area contributed by atoms with Gasteiger partial charge in [-0.3, -0.25) is 0 Å². The summed E-state index contributed by atoms with van der Waals surface area (Å²) in [5.74, 6) is 0. The Morgan fingerprint density at radius 1 is 1.17 bits per heavy atom. The third-order valence-corrected chi connectivity index (χ3v) is 3.60. The highest BCUT2D eigenvalue weighted by Crippen LogP contribution is 2.21. The highest BCUT2D eigenvalue weighted by atomic mass is 15.1. The van der Waals surface area contributed by atoms with Gasteiger partial charge in [-0.1, -0.05) is 6.92 Å². The maximum Gasteiger partial charge on any atom is 0.166 e. The van der Waals surface area contributed by atoms with Gasteiger partial charge in [0.2, 0.25) is 0 Å². The van der Waals surface area contributed by atoms with Crippen LogP contribution in [-0.2, 0) is 0 Å². The van der Waals surface area contributed by atoms with Crippen LogP contribution >= 0.6 is 0 Å². The van der Waals surface area contributed by atoms with Crippen molar-refractivity contribution in [3.63, 3.8) is 0 Å². The zero-order chi connectivity index (χ0) is 17.4. The molecule has 6 heteroatoms. The maximum absolute atomic E-state index is 9.12. The Kier molecular flexibility index (Phi) is 6.34. The van der Waals surface area contributed by atoms with E-state index in [1.807, 2.05) is 25.2 Å². The van der Waals surface area contributed by atoms with E-state index in [1.54, 1.807) is 24.3 Å². The van der Waals surface area contributed by atoms with Crippen LogP contribution in [-0.4, -0.2) is 18.8 Å². The maximum atomic E-state index is 9.12. The van der Waals surface area contributed by atoms with Crippen LogP contribution in [0.1, 0.15) is 20.3 Å². The number of hydrogen-bond acceptors (Lipinski definition) is 6. The van der Waals surface area contributed by atoms with E-state index in [9.17, 15) is 0 Å². The van der Waals surface area contributed by atoms with Gasteiger partial charge in [-0.2, -0.15) is 15.8 Å². The molecule has 0 heterocycles. The van der Waals surface area contributed by atoms with Crippen molar-refractivity contribution in [2.45, 2.75) is 26.3 Å². The number of aliphatic imine (C=N–C) groups is 1. The molecule has 0 amide bonds. The molecule has 1 atom stereocenters. The molecule has 6 nitrogen and oxygen atoms in total. The number of nitrogens with zero attached hydrogens (tertiary/aromatic N) is 5. The number of anilines is 1. The molecule has 1 rings (SSSR count). The molecule has 0 radical (unpaired) electrons. The van der Waals surface area contributed by atoms with E-state index in [4.69, 9.17) is 21.5 Å². The molecule has 1 aromatic carbocycles. The van der Waals surface area contributed by atoms with Gasteiger partial charge < -0.3 is 10.6 Å². The lowest BCUT2D eigenvalue weighted by Gasteiger charge is -2.26. The van der Waals surface area contributed by atoms with Crippen molar-refractivity contribution in [2.75, 3.05) is 11.9 Å². The molecule has 0 saturated heterocycles. The van der Waals surface area contributed by atoms with E-state index in [2.05, 4.69) is 23.7 Å². The molecule has 0 aromatic heterocycles. The molecule has 0 fully saturated rings. The number of allylic oxidation sites excluding steroid dienone is 2. The lowest BCUT2D eigenvalue weighted by Crippen LogP contribution is -2.27. The van der Waals surface area contributed by atoms with Gasteiger partial charge in [0.15, 0.2) is 11.3 Å². The van der Waals surface area contributed by atoms with Crippen molar-refractivity contribution >= 4 is 17.1 Å². The SMILES string of the molecule is CCC(C)N(C)c1ccc(N=C(C#N)C(N)=C(C#N)C#N)cc1. The Morgan fingerprint density at radius 3 is 2.17 bits per heavy atom. The van der Waals surface area contributed by atoms with Gasteiger partial charge in [-0.25, -0.2) is 4.99 Å². The summed E-state index contributed by atoms with van der Waals surface area (Å²) in [7, 11) is 2.01. The van der Waals surface area contributed by atoms with E-state index in [0.29, 0.717) is 11.7 Å². The fourth-order valence-corrected chi connectivity index (χ4v) is 1.83. The Labute approximate surface area is 136 Å². The second-order valence-corrected chi connectivity index (χ2v) is 4.97. The molecule has 1 unspecified atom stereocenters. The highest BCUT2D eigenvalue weighted by molar-refractivity contribution is 6.13. The minimum Gasteiger partial charge on any atom is -0.395 e. The minimum absolute atomic E-state index is 0.147. The Bertz CT molecular complexity index is 721. The molecule has 23 heavy (non-hydrogen) atoms.